The second-order valence-corrected chi connectivity index (χ2v) is 16.1. The fourth-order valence-corrected chi connectivity index (χ4v) is 4.94. The van der Waals surface area contributed by atoms with Crippen molar-refractivity contribution in [1.82, 2.24) is 26.6 Å². The molecule has 0 saturated heterocycles. The molecule has 0 saturated carbocycles. The maximum atomic E-state index is 13.6. The van der Waals surface area contributed by atoms with Crippen LogP contribution in [0.25, 0.3) is 0 Å². The minimum Gasteiger partial charge on any atom is -0.445 e. The van der Waals surface area contributed by atoms with Gasteiger partial charge in [-0.3, -0.25) is 19.2 Å². The van der Waals surface area contributed by atoms with E-state index < -0.39 is 57.8 Å². The summed E-state index contributed by atoms with van der Waals surface area (Å²) in [4.78, 5) is 65.6. The van der Waals surface area contributed by atoms with Gasteiger partial charge in [0.25, 0.3) is 0 Å². The number of sulfone groups is 1. The van der Waals surface area contributed by atoms with Crippen molar-refractivity contribution in [3.05, 3.63) is 47.4 Å². The number of benzene rings is 1. The average Bonchev–Trinajstić information content (AvgIpc) is 3.01. The van der Waals surface area contributed by atoms with Gasteiger partial charge in [-0.1, -0.05) is 91.3 Å². The maximum absolute atomic E-state index is 13.6. The van der Waals surface area contributed by atoms with Crippen LogP contribution in [0.15, 0.2) is 41.8 Å². The Morgan fingerprint density at radius 1 is 0.878 bits per heavy atom. The van der Waals surface area contributed by atoms with Crippen LogP contribution >= 0.6 is 0 Å². The molecule has 1 aromatic rings. The second-order valence-electron chi connectivity index (χ2n) is 14.1. The highest BCUT2D eigenvalue weighted by atomic mass is 32.2. The fourth-order valence-electron chi connectivity index (χ4n) is 4.47. The molecule has 0 aliphatic heterocycles. The zero-order valence-electron chi connectivity index (χ0n) is 30.4. The lowest BCUT2D eigenvalue weighted by Crippen LogP contribution is -2.58. The summed E-state index contributed by atoms with van der Waals surface area (Å²) in [5, 5.41) is 14.5. The maximum Gasteiger partial charge on any atom is 0.408 e. The molecule has 0 spiro atoms. The van der Waals surface area contributed by atoms with Crippen molar-refractivity contribution in [3.8, 4) is 0 Å². The Kier molecular flexibility index (Phi) is 18.1. The smallest absolute Gasteiger partial charge is 0.408 e. The number of hydrogen-bond acceptors (Lipinski definition) is 8. The molecule has 14 heteroatoms. The summed E-state index contributed by atoms with van der Waals surface area (Å²) in [6.45, 7) is 15.2. The Balaban J connectivity index is 3.12. The van der Waals surface area contributed by atoms with Gasteiger partial charge in [0.1, 0.15) is 24.7 Å². The molecule has 5 amide bonds. The molecule has 0 aliphatic carbocycles. The molecule has 276 valence electrons. The van der Waals surface area contributed by atoms with Crippen molar-refractivity contribution in [2.24, 2.45) is 17.3 Å². The number of carbonyl (C=O) groups excluding carboxylic acids is 5. The van der Waals surface area contributed by atoms with Gasteiger partial charge in [0.2, 0.25) is 23.6 Å². The Labute approximate surface area is 292 Å². The van der Waals surface area contributed by atoms with Crippen LogP contribution < -0.4 is 26.6 Å². The van der Waals surface area contributed by atoms with Gasteiger partial charge in [0.05, 0.1) is 0 Å². The Morgan fingerprint density at radius 2 is 1.51 bits per heavy atom. The lowest BCUT2D eigenvalue weighted by Gasteiger charge is -2.27. The van der Waals surface area contributed by atoms with E-state index in [4.69, 9.17) is 4.74 Å². The Hall–Kier alpha value is -3.94. The molecule has 1 aromatic carbocycles. The van der Waals surface area contributed by atoms with Gasteiger partial charge in [-0.2, -0.15) is 0 Å². The van der Waals surface area contributed by atoms with Gasteiger partial charge in [0.15, 0.2) is 9.84 Å². The molecule has 0 aliphatic rings. The molecule has 49 heavy (non-hydrogen) atoms. The highest BCUT2D eigenvalue weighted by Gasteiger charge is 2.32. The monoisotopic (exact) mass is 707 g/mol. The molecule has 5 N–H and O–H groups in total. The van der Waals surface area contributed by atoms with E-state index in [1.807, 2.05) is 59.7 Å². The van der Waals surface area contributed by atoms with E-state index in [1.54, 1.807) is 19.1 Å². The summed E-state index contributed by atoms with van der Waals surface area (Å²) in [5.74, 6) is -2.45. The minimum atomic E-state index is -3.43. The van der Waals surface area contributed by atoms with E-state index in [2.05, 4.69) is 26.6 Å². The van der Waals surface area contributed by atoms with Crippen molar-refractivity contribution in [1.29, 1.82) is 0 Å². The third kappa shape index (κ3) is 19.0. The molecule has 5 atom stereocenters. The van der Waals surface area contributed by atoms with Crippen molar-refractivity contribution >= 4 is 39.6 Å². The Bertz CT molecular complexity index is 1380. The van der Waals surface area contributed by atoms with E-state index in [1.165, 1.54) is 13.0 Å². The van der Waals surface area contributed by atoms with Crippen LogP contribution in [-0.4, -0.2) is 75.1 Å². The SMILES string of the molecule is CC[C@H](C)[C@H](NC(=O)OCc1ccccc1)C(=O)N[C@@H](CCC(=O)NCC(C)(C)C)C(=O)N[C@@H](C)C(=O)N[C@H](/C=C/S(C)(=O)=O)CC(C)C. The highest BCUT2D eigenvalue weighted by molar-refractivity contribution is 7.93. The van der Waals surface area contributed by atoms with Crippen LogP contribution in [0.1, 0.15) is 86.6 Å². The molecule has 13 nitrogen and oxygen atoms in total. The van der Waals surface area contributed by atoms with Gasteiger partial charge in [-0.15, -0.1) is 0 Å². The zero-order valence-corrected chi connectivity index (χ0v) is 31.2. The zero-order chi connectivity index (χ0) is 37.4. The van der Waals surface area contributed by atoms with Gasteiger partial charge in [-0.25, -0.2) is 13.2 Å². The normalized spacial score (nSPS) is 15.0. The number of hydrogen-bond donors (Lipinski definition) is 5. The van der Waals surface area contributed by atoms with Gasteiger partial charge in [-0.05, 0) is 42.6 Å². The fraction of sp³-hybridized carbons (Fsp3) is 0.629. The lowest BCUT2D eigenvalue weighted by molar-refractivity contribution is -0.133. The third-order valence-electron chi connectivity index (χ3n) is 7.45. The molecule has 0 fully saturated rings. The van der Waals surface area contributed by atoms with Crippen LogP contribution in [0, 0.1) is 17.3 Å². The number of amides is 5. The molecule has 0 heterocycles. The second kappa shape index (κ2) is 20.5. The number of nitrogens with one attached hydrogen (secondary N) is 5. The topological polar surface area (TPSA) is 189 Å². The number of rotatable bonds is 19. The van der Waals surface area contributed by atoms with E-state index in [9.17, 15) is 32.4 Å². The largest absolute Gasteiger partial charge is 0.445 e. The summed E-state index contributed by atoms with van der Waals surface area (Å²) in [5.41, 5.74) is 0.598. The van der Waals surface area contributed by atoms with Crippen molar-refractivity contribution in [2.75, 3.05) is 12.8 Å². The third-order valence-corrected chi connectivity index (χ3v) is 8.11. The van der Waals surface area contributed by atoms with Gasteiger partial charge >= 0.3 is 6.09 Å². The minimum absolute atomic E-state index is 0.00173. The first kappa shape index (κ1) is 43.1. The standard InChI is InChI=1S/C35H57N5O8S/c1-10-24(4)30(40-34(45)48-21-26-14-12-11-13-15-26)33(44)39-28(16-17-29(41)36-22-35(6,7)8)32(43)37-25(5)31(42)38-27(20-23(2)3)18-19-49(9,46)47/h11-15,18-19,23-25,27-28,30H,10,16-17,20-22H2,1-9H3,(H,36,41)(H,37,43)(H,38,42)(H,39,44)(H,40,45)/b19-18+/t24-,25-,27+,28-,30-/m0/s1. The molecule has 0 aromatic heterocycles. The van der Waals surface area contributed by atoms with Crippen LogP contribution in [0.4, 0.5) is 4.79 Å². The van der Waals surface area contributed by atoms with Gasteiger partial charge in [0, 0.05) is 30.7 Å². The summed E-state index contributed by atoms with van der Waals surface area (Å²) in [6, 6.07) is 5.09. The molecular formula is C35H57N5O8S. The molecule has 1 rings (SSSR count). The number of carbonyl (C=O) groups is 5. The van der Waals surface area contributed by atoms with Crippen LogP contribution in [0.3, 0.4) is 0 Å². The first-order valence-corrected chi connectivity index (χ1v) is 18.7. The molecule has 0 radical (unpaired) electrons. The Morgan fingerprint density at radius 3 is 2.06 bits per heavy atom. The van der Waals surface area contributed by atoms with Crippen LogP contribution in [0.5, 0.6) is 0 Å². The molecule has 0 bridgehead atoms. The predicted molar refractivity (Wildman–Crippen MR) is 190 cm³/mol. The van der Waals surface area contributed by atoms with E-state index >= 15 is 0 Å². The number of ether oxygens (including phenoxy) is 1. The first-order valence-electron chi connectivity index (χ1n) is 16.7. The first-order chi connectivity index (χ1) is 22.7. The summed E-state index contributed by atoms with van der Waals surface area (Å²) in [6.07, 6.45) is 2.44. The quantitative estimate of drug-likeness (QED) is 0.145. The van der Waals surface area contributed by atoms with Crippen LogP contribution in [0.2, 0.25) is 0 Å². The van der Waals surface area contributed by atoms with Crippen LogP contribution in [-0.2, 0) is 40.4 Å². The van der Waals surface area contributed by atoms with Gasteiger partial charge < -0.3 is 31.3 Å². The van der Waals surface area contributed by atoms with Crippen molar-refractivity contribution in [2.45, 2.75) is 112 Å². The van der Waals surface area contributed by atoms with E-state index in [0.717, 1.165) is 17.2 Å². The lowest BCUT2D eigenvalue weighted by atomic mass is 9.96. The summed E-state index contributed by atoms with van der Waals surface area (Å²) < 4.78 is 28.6. The van der Waals surface area contributed by atoms with Crippen molar-refractivity contribution in [3.63, 3.8) is 0 Å². The van der Waals surface area contributed by atoms with E-state index in [-0.39, 0.29) is 42.6 Å². The van der Waals surface area contributed by atoms with E-state index in [0.29, 0.717) is 19.4 Å². The summed E-state index contributed by atoms with van der Waals surface area (Å²) in [7, 11) is -3.43. The highest BCUT2D eigenvalue weighted by Crippen LogP contribution is 2.13. The predicted octanol–water partition coefficient (Wildman–Crippen LogP) is 3.35. The summed E-state index contributed by atoms with van der Waals surface area (Å²) >= 11 is 0. The average molecular weight is 708 g/mol. The molecular weight excluding hydrogens is 650 g/mol. The van der Waals surface area contributed by atoms with Crippen molar-refractivity contribution < 1.29 is 37.1 Å². The number of alkyl carbamates (subject to hydrolysis) is 1. The molecule has 0 unspecified atom stereocenters.